The number of nitrogens with one attached hydrogen (secondary N) is 1. The van der Waals surface area contributed by atoms with Gasteiger partial charge in [0.05, 0.1) is 11.6 Å². The van der Waals surface area contributed by atoms with E-state index in [4.69, 9.17) is 0 Å². The summed E-state index contributed by atoms with van der Waals surface area (Å²) in [5, 5.41) is 10.6. The molecule has 0 radical (unpaired) electrons. The fraction of sp³-hybridized carbons (Fsp3) is 0.692. The Labute approximate surface area is 116 Å². The van der Waals surface area contributed by atoms with Crippen molar-refractivity contribution in [3.05, 3.63) is 26.4 Å². The first kappa shape index (κ1) is 14.2. The molecule has 5 nitrogen and oxygen atoms in total. The van der Waals surface area contributed by atoms with Gasteiger partial charge in [-0.2, -0.15) is 11.8 Å². The minimum Gasteiger partial charge on any atom is -0.494 e. The van der Waals surface area contributed by atoms with Crippen LogP contribution >= 0.6 is 11.8 Å². The van der Waals surface area contributed by atoms with Gasteiger partial charge < -0.3 is 5.11 Å². The standard InChI is InChI=1S/C13H20N2O3S/c1-7(2)10-11(16)14-13(18)15(12(10)17)8-5-4-6-9(8)19-3/h7-9,17H,4-6H2,1-3H3,(H,14,16,18). The molecule has 1 saturated carbocycles. The Bertz CT molecular complexity index is 576. The van der Waals surface area contributed by atoms with Gasteiger partial charge >= 0.3 is 5.69 Å². The predicted octanol–water partition coefficient (Wildman–Crippen LogP) is 1.82. The molecule has 6 heteroatoms. The molecule has 1 aromatic rings. The van der Waals surface area contributed by atoms with E-state index < -0.39 is 11.2 Å². The minimum absolute atomic E-state index is 0.0307. The topological polar surface area (TPSA) is 75.1 Å². The molecule has 19 heavy (non-hydrogen) atoms. The Kier molecular flexibility index (Phi) is 4.08. The monoisotopic (exact) mass is 284 g/mol. The van der Waals surface area contributed by atoms with Gasteiger partial charge in [0.1, 0.15) is 0 Å². The number of rotatable bonds is 3. The number of hydrogen-bond acceptors (Lipinski definition) is 4. The van der Waals surface area contributed by atoms with Crippen molar-refractivity contribution in [1.29, 1.82) is 0 Å². The Balaban J connectivity index is 2.60. The van der Waals surface area contributed by atoms with Crippen molar-refractivity contribution in [2.75, 3.05) is 6.26 Å². The van der Waals surface area contributed by atoms with Crippen molar-refractivity contribution in [3.63, 3.8) is 0 Å². The van der Waals surface area contributed by atoms with E-state index in [0.717, 1.165) is 19.3 Å². The highest BCUT2D eigenvalue weighted by Crippen LogP contribution is 2.38. The lowest BCUT2D eigenvalue weighted by Crippen LogP contribution is -2.36. The third kappa shape index (κ3) is 2.45. The smallest absolute Gasteiger partial charge is 0.331 e. The summed E-state index contributed by atoms with van der Waals surface area (Å²) >= 11 is 1.71. The number of aromatic hydroxyl groups is 1. The molecule has 0 spiro atoms. The van der Waals surface area contributed by atoms with Crippen LogP contribution in [0.25, 0.3) is 0 Å². The van der Waals surface area contributed by atoms with Gasteiger partial charge in [-0.3, -0.25) is 14.3 Å². The molecule has 2 unspecified atom stereocenters. The second-order valence-corrected chi connectivity index (χ2v) is 6.37. The van der Waals surface area contributed by atoms with E-state index in [1.165, 1.54) is 4.57 Å². The summed E-state index contributed by atoms with van der Waals surface area (Å²) in [7, 11) is 0. The third-order valence-electron chi connectivity index (χ3n) is 3.78. The van der Waals surface area contributed by atoms with E-state index in [-0.39, 0.29) is 17.8 Å². The Morgan fingerprint density at radius 3 is 2.63 bits per heavy atom. The fourth-order valence-electron chi connectivity index (χ4n) is 2.86. The van der Waals surface area contributed by atoms with Crippen LogP contribution in [-0.4, -0.2) is 26.2 Å². The molecule has 1 aliphatic carbocycles. The van der Waals surface area contributed by atoms with E-state index in [1.54, 1.807) is 11.8 Å². The normalized spacial score (nSPS) is 23.2. The van der Waals surface area contributed by atoms with Crippen LogP contribution in [0, 0.1) is 0 Å². The molecule has 0 aliphatic heterocycles. The summed E-state index contributed by atoms with van der Waals surface area (Å²) in [5.41, 5.74) is -0.684. The van der Waals surface area contributed by atoms with E-state index in [0.29, 0.717) is 10.8 Å². The lowest BCUT2D eigenvalue weighted by atomic mass is 10.1. The van der Waals surface area contributed by atoms with Gasteiger partial charge in [0.2, 0.25) is 5.88 Å². The maximum Gasteiger partial charge on any atom is 0.331 e. The quantitative estimate of drug-likeness (QED) is 0.888. The number of H-pyrrole nitrogens is 1. The first-order valence-corrected chi connectivity index (χ1v) is 7.86. The van der Waals surface area contributed by atoms with Gasteiger partial charge in [-0.05, 0) is 25.0 Å². The van der Waals surface area contributed by atoms with Crippen LogP contribution < -0.4 is 11.2 Å². The summed E-state index contributed by atoms with van der Waals surface area (Å²) in [6, 6.07) is -0.0307. The van der Waals surface area contributed by atoms with Gasteiger partial charge in [-0.25, -0.2) is 4.79 Å². The number of thioether (sulfide) groups is 1. The van der Waals surface area contributed by atoms with E-state index in [1.807, 2.05) is 20.1 Å². The molecule has 2 atom stereocenters. The fourth-order valence-corrected chi connectivity index (χ4v) is 3.83. The van der Waals surface area contributed by atoms with E-state index in [2.05, 4.69) is 4.98 Å². The summed E-state index contributed by atoms with van der Waals surface area (Å²) in [5.74, 6) is -0.278. The summed E-state index contributed by atoms with van der Waals surface area (Å²) < 4.78 is 1.38. The molecule has 1 fully saturated rings. The second kappa shape index (κ2) is 5.45. The van der Waals surface area contributed by atoms with Gasteiger partial charge in [-0.1, -0.05) is 20.3 Å². The molecular formula is C13H20N2O3S. The average Bonchev–Trinajstić information content (AvgIpc) is 2.75. The maximum absolute atomic E-state index is 12.0. The SMILES string of the molecule is CSC1CCCC1n1c(O)c(C(C)C)c(=O)[nH]c1=O. The van der Waals surface area contributed by atoms with Crippen molar-refractivity contribution in [3.8, 4) is 5.88 Å². The maximum atomic E-state index is 12.0. The van der Waals surface area contributed by atoms with Crippen LogP contribution in [-0.2, 0) is 0 Å². The summed E-state index contributed by atoms with van der Waals surface area (Å²) in [6.45, 7) is 3.67. The molecule has 0 aromatic carbocycles. The van der Waals surface area contributed by atoms with Crippen molar-refractivity contribution >= 4 is 11.8 Å². The molecule has 0 saturated heterocycles. The van der Waals surface area contributed by atoms with Gasteiger partial charge in [0.15, 0.2) is 0 Å². The highest BCUT2D eigenvalue weighted by molar-refractivity contribution is 7.99. The number of aromatic nitrogens is 2. The average molecular weight is 284 g/mol. The molecule has 2 N–H and O–H groups in total. The van der Waals surface area contributed by atoms with Crippen LogP contribution in [0.15, 0.2) is 9.59 Å². The molecule has 0 amide bonds. The largest absolute Gasteiger partial charge is 0.494 e. The van der Waals surface area contributed by atoms with E-state index >= 15 is 0 Å². The van der Waals surface area contributed by atoms with E-state index in [9.17, 15) is 14.7 Å². The summed E-state index contributed by atoms with van der Waals surface area (Å²) in [6.07, 6.45) is 4.95. The third-order valence-corrected chi connectivity index (χ3v) is 4.94. The summed E-state index contributed by atoms with van der Waals surface area (Å²) in [4.78, 5) is 26.1. The minimum atomic E-state index is -0.502. The van der Waals surface area contributed by atoms with Crippen LogP contribution in [0.3, 0.4) is 0 Å². The molecule has 1 heterocycles. The van der Waals surface area contributed by atoms with Crippen LogP contribution in [0.4, 0.5) is 0 Å². The van der Waals surface area contributed by atoms with Crippen LogP contribution in [0.5, 0.6) is 5.88 Å². The van der Waals surface area contributed by atoms with Gasteiger partial charge in [-0.15, -0.1) is 0 Å². The zero-order valence-corrected chi connectivity index (χ0v) is 12.3. The zero-order valence-electron chi connectivity index (χ0n) is 11.5. The Morgan fingerprint density at radius 1 is 1.37 bits per heavy atom. The van der Waals surface area contributed by atoms with Crippen molar-refractivity contribution in [2.45, 2.75) is 50.3 Å². The number of aromatic amines is 1. The van der Waals surface area contributed by atoms with Crippen molar-refractivity contribution in [1.82, 2.24) is 9.55 Å². The first-order valence-electron chi connectivity index (χ1n) is 6.57. The highest BCUT2D eigenvalue weighted by Gasteiger charge is 2.32. The van der Waals surface area contributed by atoms with Gasteiger partial charge in [0, 0.05) is 5.25 Å². The molecule has 106 valence electrons. The predicted molar refractivity (Wildman–Crippen MR) is 77.3 cm³/mol. The van der Waals surface area contributed by atoms with Gasteiger partial charge in [0.25, 0.3) is 5.56 Å². The molecular weight excluding hydrogens is 264 g/mol. The second-order valence-electron chi connectivity index (χ2n) is 5.29. The van der Waals surface area contributed by atoms with Crippen LogP contribution in [0.1, 0.15) is 50.6 Å². The molecule has 2 rings (SSSR count). The Morgan fingerprint density at radius 2 is 2.05 bits per heavy atom. The first-order chi connectivity index (χ1) is 8.97. The lowest BCUT2D eigenvalue weighted by Gasteiger charge is -2.22. The molecule has 1 aliphatic rings. The zero-order chi connectivity index (χ0) is 14.2. The number of nitrogens with zero attached hydrogens (tertiary/aromatic N) is 1. The highest BCUT2D eigenvalue weighted by atomic mass is 32.2. The number of hydrogen-bond donors (Lipinski definition) is 2. The molecule has 1 aromatic heterocycles. The Hall–Kier alpha value is -1.17. The van der Waals surface area contributed by atoms with Crippen molar-refractivity contribution < 1.29 is 5.11 Å². The van der Waals surface area contributed by atoms with Crippen LogP contribution in [0.2, 0.25) is 0 Å². The lowest BCUT2D eigenvalue weighted by molar-refractivity contribution is 0.357. The van der Waals surface area contributed by atoms with Crippen molar-refractivity contribution in [2.24, 2.45) is 0 Å². The molecule has 0 bridgehead atoms.